The molecule has 1 saturated heterocycles. The standard InChI is InChI=1S/C18H23NO2/c1-5-12-8-6-7-9-14(12)19-15(20)13-10-11-18(4,16(19)21)17(13,2)3/h6-9,13H,5,10-11H2,1-4H3/t13-,18-/m0/s1. The van der Waals surface area contributed by atoms with E-state index in [-0.39, 0.29) is 23.1 Å². The minimum atomic E-state index is -0.438. The number of fused-ring (bicyclic) bond motifs is 2. The van der Waals surface area contributed by atoms with E-state index in [1.165, 1.54) is 4.90 Å². The van der Waals surface area contributed by atoms with Crippen molar-refractivity contribution in [3.05, 3.63) is 29.8 Å². The van der Waals surface area contributed by atoms with Gasteiger partial charge in [-0.1, -0.05) is 45.9 Å². The first kappa shape index (κ1) is 14.3. The van der Waals surface area contributed by atoms with Gasteiger partial charge in [-0.3, -0.25) is 9.59 Å². The molecule has 2 fully saturated rings. The zero-order valence-corrected chi connectivity index (χ0v) is 13.3. The number of para-hydroxylation sites is 1. The molecule has 1 aliphatic heterocycles. The molecule has 1 aromatic rings. The van der Waals surface area contributed by atoms with E-state index in [1.54, 1.807) is 0 Å². The van der Waals surface area contributed by atoms with Crippen LogP contribution in [-0.4, -0.2) is 11.8 Å². The van der Waals surface area contributed by atoms with Crippen molar-refractivity contribution in [2.75, 3.05) is 4.90 Å². The maximum Gasteiger partial charge on any atom is 0.240 e. The zero-order valence-electron chi connectivity index (χ0n) is 13.3. The molecule has 0 N–H and O–H groups in total. The Morgan fingerprint density at radius 1 is 1.19 bits per heavy atom. The van der Waals surface area contributed by atoms with Crippen LogP contribution in [0.3, 0.4) is 0 Å². The lowest BCUT2D eigenvalue weighted by molar-refractivity contribution is -0.146. The molecule has 2 amide bonds. The first-order valence-corrected chi connectivity index (χ1v) is 7.81. The van der Waals surface area contributed by atoms with Gasteiger partial charge in [0, 0.05) is 5.92 Å². The number of rotatable bonds is 2. The van der Waals surface area contributed by atoms with Crippen LogP contribution >= 0.6 is 0 Å². The number of aryl methyl sites for hydroxylation is 1. The van der Waals surface area contributed by atoms with Crippen molar-refractivity contribution in [3.8, 4) is 0 Å². The fraction of sp³-hybridized carbons (Fsp3) is 0.556. The average Bonchev–Trinajstić information content (AvgIpc) is 2.64. The Morgan fingerprint density at radius 2 is 1.86 bits per heavy atom. The molecule has 1 aliphatic carbocycles. The molecular weight excluding hydrogens is 262 g/mol. The molecular formula is C18H23NO2. The summed E-state index contributed by atoms with van der Waals surface area (Å²) in [6.45, 7) is 8.23. The first-order valence-electron chi connectivity index (χ1n) is 7.81. The lowest BCUT2D eigenvalue weighted by Crippen LogP contribution is -2.59. The minimum Gasteiger partial charge on any atom is -0.274 e. The highest BCUT2D eigenvalue weighted by molar-refractivity contribution is 6.20. The van der Waals surface area contributed by atoms with Crippen LogP contribution in [0.4, 0.5) is 5.69 Å². The fourth-order valence-electron chi connectivity index (χ4n) is 4.07. The molecule has 3 heteroatoms. The second kappa shape index (κ2) is 4.43. The van der Waals surface area contributed by atoms with E-state index in [4.69, 9.17) is 0 Å². The molecule has 0 spiro atoms. The molecule has 3 nitrogen and oxygen atoms in total. The van der Waals surface area contributed by atoms with E-state index in [9.17, 15) is 9.59 Å². The van der Waals surface area contributed by atoms with Crippen molar-refractivity contribution in [2.45, 2.75) is 47.0 Å². The van der Waals surface area contributed by atoms with Gasteiger partial charge >= 0.3 is 0 Å². The average molecular weight is 285 g/mol. The number of hydrogen-bond acceptors (Lipinski definition) is 2. The zero-order chi connectivity index (χ0) is 15.4. The Bertz CT molecular complexity index is 619. The van der Waals surface area contributed by atoms with Gasteiger partial charge in [0.2, 0.25) is 11.8 Å². The summed E-state index contributed by atoms with van der Waals surface area (Å²) in [5.41, 5.74) is 1.15. The molecule has 1 aromatic carbocycles. The smallest absolute Gasteiger partial charge is 0.240 e. The van der Waals surface area contributed by atoms with Crippen LogP contribution in [-0.2, 0) is 16.0 Å². The van der Waals surface area contributed by atoms with E-state index in [2.05, 4.69) is 20.8 Å². The summed E-state index contributed by atoms with van der Waals surface area (Å²) in [5, 5.41) is 0. The molecule has 0 unspecified atom stereocenters. The van der Waals surface area contributed by atoms with Crippen molar-refractivity contribution in [2.24, 2.45) is 16.7 Å². The molecule has 0 aromatic heterocycles. The molecule has 1 heterocycles. The maximum absolute atomic E-state index is 13.1. The summed E-state index contributed by atoms with van der Waals surface area (Å²) < 4.78 is 0. The topological polar surface area (TPSA) is 37.4 Å². The Kier molecular flexibility index (Phi) is 3.01. The second-order valence-electron chi connectivity index (χ2n) is 7.11. The third kappa shape index (κ3) is 1.66. The third-order valence-corrected chi connectivity index (χ3v) is 6.03. The molecule has 21 heavy (non-hydrogen) atoms. The SMILES string of the molecule is CCc1ccccc1N1C(=O)[C@@H]2CC[C@@](C)(C1=O)C2(C)C. The van der Waals surface area contributed by atoms with Gasteiger partial charge in [0.05, 0.1) is 11.1 Å². The Morgan fingerprint density at radius 3 is 2.52 bits per heavy atom. The second-order valence-corrected chi connectivity index (χ2v) is 7.11. The van der Waals surface area contributed by atoms with E-state index in [1.807, 2.05) is 31.2 Å². The summed E-state index contributed by atoms with van der Waals surface area (Å²) in [6, 6.07) is 7.76. The van der Waals surface area contributed by atoms with Gasteiger partial charge < -0.3 is 0 Å². The normalized spacial score (nSPS) is 30.9. The van der Waals surface area contributed by atoms with Crippen LogP contribution in [0.15, 0.2) is 24.3 Å². The molecule has 1 saturated carbocycles. The largest absolute Gasteiger partial charge is 0.274 e. The van der Waals surface area contributed by atoms with Gasteiger partial charge in [-0.15, -0.1) is 0 Å². The predicted molar refractivity (Wildman–Crippen MR) is 82.9 cm³/mol. The van der Waals surface area contributed by atoms with Crippen LogP contribution in [0.2, 0.25) is 0 Å². The summed E-state index contributed by atoms with van der Waals surface area (Å²) in [7, 11) is 0. The lowest BCUT2D eigenvalue weighted by atomic mass is 9.62. The third-order valence-electron chi connectivity index (χ3n) is 6.03. The molecule has 2 atom stereocenters. The summed E-state index contributed by atoms with van der Waals surface area (Å²) >= 11 is 0. The van der Waals surface area contributed by atoms with Gasteiger partial charge in [-0.05, 0) is 36.3 Å². The molecule has 3 rings (SSSR count). The quantitative estimate of drug-likeness (QED) is 0.779. The van der Waals surface area contributed by atoms with Gasteiger partial charge in [-0.25, -0.2) is 4.90 Å². The van der Waals surface area contributed by atoms with Crippen molar-refractivity contribution in [1.29, 1.82) is 0 Å². The number of amides is 2. The van der Waals surface area contributed by atoms with Crippen LogP contribution in [0.1, 0.15) is 46.1 Å². The Hall–Kier alpha value is -1.64. The number of carbonyl (C=O) groups is 2. The van der Waals surface area contributed by atoms with Gasteiger partial charge in [0.25, 0.3) is 0 Å². The first-order chi connectivity index (χ1) is 9.84. The minimum absolute atomic E-state index is 0.0131. The van der Waals surface area contributed by atoms with Crippen LogP contribution in [0.5, 0.6) is 0 Å². The van der Waals surface area contributed by atoms with E-state index >= 15 is 0 Å². The molecule has 112 valence electrons. The highest BCUT2D eigenvalue weighted by atomic mass is 16.2. The van der Waals surface area contributed by atoms with E-state index in [0.717, 1.165) is 30.5 Å². The van der Waals surface area contributed by atoms with Gasteiger partial charge in [0.15, 0.2) is 0 Å². The summed E-state index contributed by atoms with van der Waals surface area (Å²) in [4.78, 5) is 27.5. The number of hydrogen-bond donors (Lipinski definition) is 0. The number of benzene rings is 1. The van der Waals surface area contributed by atoms with Crippen LogP contribution in [0, 0.1) is 16.7 Å². The van der Waals surface area contributed by atoms with Crippen molar-refractivity contribution >= 4 is 17.5 Å². The number of nitrogens with zero attached hydrogens (tertiary/aromatic N) is 1. The van der Waals surface area contributed by atoms with E-state index in [0.29, 0.717) is 0 Å². The van der Waals surface area contributed by atoms with Crippen molar-refractivity contribution in [3.63, 3.8) is 0 Å². The summed E-state index contributed by atoms with van der Waals surface area (Å²) in [5.74, 6) is -0.0851. The number of anilines is 1. The Labute approximate surface area is 126 Å². The van der Waals surface area contributed by atoms with Crippen molar-refractivity contribution in [1.82, 2.24) is 0 Å². The maximum atomic E-state index is 13.1. The molecule has 2 bridgehead atoms. The van der Waals surface area contributed by atoms with Gasteiger partial charge in [0.1, 0.15) is 0 Å². The monoisotopic (exact) mass is 285 g/mol. The molecule has 0 radical (unpaired) electrons. The van der Waals surface area contributed by atoms with Crippen molar-refractivity contribution < 1.29 is 9.59 Å². The van der Waals surface area contributed by atoms with E-state index < -0.39 is 5.41 Å². The van der Waals surface area contributed by atoms with Crippen LogP contribution in [0.25, 0.3) is 0 Å². The Balaban J connectivity index is 2.14. The molecule has 2 aliphatic rings. The van der Waals surface area contributed by atoms with Gasteiger partial charge in [-0.2, -0.15) is 0 Å². The fourth-order valence-corrected chi connectivity index (χ4v) is 4.07. The highest BCUT2D eigenvalue weighted by Crippen LogP contribution is 2.60. The van der Waals surface area contributed by atoms with Crippen LogP contribution < -0.4 is 4.90 Å². The highest BCUT2D eigenvalue weighted by Gasteiger charge is 2.64. The lowest BCUT2D eigenvalue weighted by Gasteiger charge is -2.47. The number of imide groups is 1. The number of carbonyl (C=O) groups excluding carboxylic acids is 2. The summed E-state index contributed by atoms with van der Waals surface area (Å²) in [6.07, 6.45) is 2.44. The number of piperidine rings is 1. The predicted octanol–water partition coefficient (Wildman–Crippen LogP) is 3.56.